The Bertz CT molecular complexity index is 971. The predicted molar refractivity (Wildman–Crippen MR) is 141 cm³/mol. The maximum Gasteiger partial charge on any atom is 0.241 e. The van der Waals surface area contributed by atoms with Gasteiger partial charge in [-0.1, -0.05) is 30.3 Å². The van der Waals surface area contributed by atoms with Crippen LogP contribution in [0, 0.1) is 0 Å². The minimum atomic E-state index is -3.64. The van der Waals surface area contributed by atoms with E-state index in [2.05, 4.69) is 20.3 Å². The molecule has 9 heteroatoms. The molecule has 2 aromatic carbocycles. The van der Waals surface area contributed by atoms with E-state index in [4.69, 9.17) is 4.74 Å². The van der Waals surface area contributed by atoms with Crippen molar-refractivity contribution >= 4 is 40.0 Å². The third kappa shape index (κ3) is 9.33. The zero-order chi connectivity index (χ0) is 22.9. The highest BCUT2D eigenvalue weighted by atomic mass is 127. The first-order chi connectivity index (χ1) is 14.6. The number of benzene rings is 2. The molecule has 0 saturated heterocycles. The second kappa shape index (κ2) is 13.0. The maximum absolute atomic E-state index is 12.8. The molecule has 0 radical (unpaired) electrons. The van der Waals surface area contributed by atoms with Crippen molar-refractivity contribution in [3.8, 4) is 5.75 Å². The summed E-state index contributed by atoms with van der Waals surface area (Å²) in [6, 6.07) is 14.9. The molecule has 0 fully saturated rings. The molecule has 3 N–H and O–H groups in total. The van der Waals surface area contributed by atoms with Crippen molar-refractivity contribution in [3.63, 3.8) is 0 Å². The Kier molecular flexibility index (Phi) is 11.5. The second-order valence-corrected chi connectivity index (χ2v) is 9.83. The van der Waals surface area contributed by atoms with Crippen LogP contribution >= 0.6 is 24.0 Å². The van der Waals surface area contributed by atoms with Crippen molar-refractivity contribution in [2.24, 2.45) is 4.99 Å². The lowest BCUT2D eigenvalue weighted by Gasteiger charge is -2.21. The number of methoxy groups -OCH3 is 1. The van der Waals surface area contributed by atoms with Crippen LogP contribution < -0.4 is 20.1 Å². The summed E-state index contributed by atoms with van der Waals surface area (Å²) in [5.41, 5.74) is 1.27. The number of rotatable bonds is 9. The molecule has 0 saturated carbocycles. The summed E-state index contributed by atoms with van der Waals surface area (Å²) in [6.07, 6.45) is 0.828. The number of ether oxygens (including phenoxy) is 1. The lowest BCUT2D eigenvalue weighted by Crippen LogP contribution is -2.41. The van der Waals surface area contributed by atoms with E-state index >= 15 is 0 Å². The van der Waals surface area contributed by atoms with Crippen molar-refractivity contribution in [2.45, 2.75) is 51.1 Å². The fourth-order valence-corrected chi connectivity index (χ4v) is 4.63. The average molecular weight is 575 g/mol. The molecular weight excluding hydrogens is 539 g/mol. The quantitative estimate of drug-likeness (QED) is 0.242. The van der Waals surface area contributed by atoms with Crippen molar-refractivity contribution in [3.05, 3.63) is 59.7 Å². The summed E-state index contributed by atoms with van der Waals surface area (Å²) >= 11 is 0. The van der Waals surface area contributed by atoms with E-state index in [-0.39, 0.29) is 35.4 Å². The molecule has 0 aromatic heterocycles. The van der Waals surface area contributed by atoms with Gasteiger partial charge in [-0.2, -0.15) is 0 Å². The average Bonchev–Trinajstić information content (AvgIpc) is 2.71. The van der Waals surface area contributed by atoms with Crippen LogP contribution in [0.2, 0.25) is 0 Å². The normalized spacial score (nSPS) is 12.1. The number of sulfonamides is 1. The van der Waals surface area contributed by atoms with Gasteiger partial charge in [-0.15, -0.1) is 24.0 Å². The number of nitrogens with one attached hydrogen (secondary N) is 3. The van der Waals surface area contributed by atoms with Gasteiger partial charge in [-0.3, -0.25) is 0 Å². The smallest absolute Gasteiger partial charge is 0.241 e. The molecule has 0 unspecified atom stereocenters. The van der Waals surface area contributed by atoms with Crippen molar-refractivity contribution in [1.29, 1.82) is 0 Å². The van der Waals surface area contributed by atoms with Crippen LogP contribution in [0.25, 0.3) is 0 Å². The highest BCUT2D eigenvalue weighted by molar-refractivity contribution is 14.0. The molecule has 2 aromatic rings. The third-order valence-electron chi connectivity index (χ3n) is 4.32. The fourth-order valence-electron chi connectivity index (χ4n) is 2.98. The predicted octanol–water partition coefficient (Wildman–Crippen LogP) is 3.69. The summed E-state index contributed by atoms with van der Waals surface area (Å²) in [6.45, 7) is 9.11. The summed E-state index contributed by atoms with van der Waals surface area (Å²) in [4.78, 5) is 4.85. The van der Waals surface area contributed by atoms with Gasteiger partial charge in [0.15, 0.2) is 5.96 Å². The van der Waals surface area contributed by atoms with E-state index in [1.54, 1.807) is 25.3 Å². The highest BCUT2D eigenvalue weighted by Crippen LogP contribution is 2.18. The van der Waals surface area contributed by atoms with Crippen LogP contribution in [-0.4, -0.2) is 40.1 Å². The summed E-state index contributed by atoms with van der Waals surface area (Å²) < 4.78 is 33.5. The van der Waals surface area contributed by atoms with Gasteiger partial charge in [0.1, 0.15) is 5.75 Å². The molecule has 178 valence electrons. The third-order valence-corrected chi connectivity index (χ3v) is 6.18. The summed E-state index contributed by atoms with van der Waals surface area (Å²) in [5, 5.41) is 6.51. The zero-order valence-electron chi connectivity index (χ0n) is 19.4. The lowest BCUT2D eigenvalue weighted by molar-refractivity contribution is 0.414. The molecule has 7 nitrogen and oxygen atoms in total. The first-order valence-electron chi connectivity index (χ1n) is 10.4. The molecule has 2 rings (SSSR count). The van der Waals surface area contributed by atoms with E-state index in [0.717, 1.165) is 12.2 Å². The minimum absolute atomic E-state index is 0. The van der Waals surface area contributed by atoms with E-state index in [1.807, 2.05) is 58.0 Å². The van der Waals surface area contributed by atoms with Crippen LogP contribution in [0.4, 0.5) is 0 Å². The van der Waals surface area contributed by atoms with Crippen LogP contribution in [0.1, 0.15) is 38.8 Å². The van der Waals surface area contributed by atoms with Crippen molar-refractivity contribution < 1.29 is 13.2 Å². The Morgan fingerprint density at radius 1 is 1.03 bits per heavy atom. The minimum Gasteiger partial charge on any atom is -0.497 e. The molecular formula is C23H35IN4O3S. The van der Waals surface area contributed by atoms with E-state index < -0.39 is 15.6 Å². The number of hydrogen-bond acceptors (Lipinski definition) is 4. The van der Waals surface area contributed by atoms with Crippen LogP contribution in [0.5, 0.6) is 5.75 Å². The van der Waals surface area contributed by atoms with Gasteiger partial charge in [-0.25, -0.2) is 18.1 Å². The topological polar surface area (TPSA) is 91.8 Å². The highest BCUT2D eigenvalue weighted by Gasteiger charge is 2.24. The fraction of sp³-hybridized carbons (Fsp3) is 0.435. The number of nitrogens with zero attached hydrogens (tertiary/aromatic N) is 1. The standard InChI is InChI=1S/C23H34N4O3S.HI/c1-6-24-22(25-16-15-18-11-13-20(30-5)14-12-18)26-17-19-9-7-8-10-21(19)31(28,29)27-23(2,3)4;/h7-14,27H,6,15-17H2,1-5H3,(H2,24,25,26);1H. The Labute approximate surface area is 209 Å². The van der Waals surface area contributed by atoms with Gasteiger partial charge in [0, 0.05) is 18.6 Å². The van der Waals surface area contributed by atoms with Gasteiger partial charge < -0.3 is 15.4 Å². The molecule has 0 aliphatic carbocycles. The first kappa shape index (κ1) is 28.2. The molecule has 0 heterocycles. The monoisotopic (exact) mass is 574 g/mol. The Morgan fingerprint density at radius 3 is 2.28 bits per heavy atom. The second-order valence-electron chi connectivity index (χ2n) is 8.18. The van der Waals surface area contributed by atoms with Crippen LogP contribution in [0.3, 0.4) is 0 Å². The summed E-state index contributed by atoms with van der Waals surface area (Å²) in [5.74, 6) is 1.48. The van der Waals surface area contributed by atoms with Gasteiger partial charge in [0.25, 0.3) is 0 Å². The number of aliphatic imine (C=N–C) groups is 1. The first-order valence-corrected chi connectivity index (χ1v) is 11.9. The zero-order valence-corrected chi connectivity index (χ0v) is 22.6. The SMILES string of the molecule is CCNC(=NCc1ccccc1S(=O)(=O)NC(C)(C)C)NCCc1ccc(OC)cc1.I. The van der Waals surface area contributed by atoms with Gasteiger partial charge in [0.2, 0.25) is 10.0 Å². The summed E-state index contributed by atoms with van der Waals surface area (Å²) in [7, 11) is -1.99. The molecule has 32 heavy (non-hydrogen) atoms. The number of hydrogen-bond donors (Lipinski definition) is 3. The molecule has 0 atom stereocenters. The maximum atomic E-state index is 12.8. The molecule has 0 aliphatic heterocycles. The van der Waals surface area contributed by atoms with E-state index in [9.17, 15) is 8.42 Å². The molecule has 0 aliphatic rings. The Morgan fingerprint density at radius 2 is 1.69 bits per heavy atom. The number of halogens is 1. The van der Waals surface area contributed by atoms with Gasteiger partial charge >= 0.3 is 0 Å². The molecule has 0 spiro atoms. The van der Waals surface area contributed by atoms with Crippen LogP contribution in [-0.2, 0) is 23.0 Å². The van der Waals surface area contributed by atoms with E-state index in [1.165, 1.54) is 5.56 Å². The number of guanidine groups is 1. The van der Waals surface area contributed by atoms with E-state index in [0.29, 0.717) is 24.6 Å². The van der Waals surface area contributed by atoms with Gasteiger partial charge in [-0.05, 0) is 63.4 Å². The van der Waals surface area contributed by atoms with Crippen LogP contribution in [0.15, 0.2) is 58.4 Å². The van der Waals surface area contributed by atoms with Crippen molar-refractivity contribution in [2.75, 3.05) is 20.2 Å². The lowest BCUT2D eigenvalue weighted by atomic mass is 10.1. The molecule has 0 bridgehead atoms. The van der Waals surface area contributed by atoms with Crippen molar-refractivity contribution in [1.82, 2.24) is 15.4 Å². The Hall–Kier alpha value is -1.85. The largest absolute Gasteiger partial charge is 0.497 e. The Balaban J connectivity index is 0.00000512. The molecule has 0 amide bonds. The van der Waals surface area contributed by atoms with Gasteiger partial charge in [0.05, 0.1) is 18.6 Å².